The summed E-state index contributed by atoms with van der Waals surface area (Å²) in [6, 6.07) is 7.79. The molecule has 0 aliphatic heterocycles. The first-order chi connectivity index (χ1) is 4.79. The molecule has 0 bridgehead atoms. The molecule has 0 saturated carbocycles. The van der Waals surface area contributed by atoms with Gasteiger partial charge in [-0.15, -0.1) is 0 Å². The summed E-state index contributed by atoms with van der Waals surface area (Å²) in [6.45, 7) is 6.04. The summed E-state index contributed by atoms with van der Waals surface area (Å²) in [7, 11) is 0. The highest BCUT2D eigenvalue weighted by atomic mass is 16.0. The molecule has 0 aliphatic rings. The van der Waals surface area contributed by atoms with E-state index in [1.807, 2.05) is 45.0 Å². The number of nitrogens with two attached hydrogens (primary N) is 1. The molecular formula is C9H19NO. The number of hydrogen-bond acceptors (Lipinski definition) is 1. The Balaban J connectivity index is -0.000000189. The van der Waals surface area contributed by atoms with Crippen LogP contribution < -0.4 is 5.73 Å². The quantitative estimate of drug-likeness (QED) is 0.575. The Labute approximate surface area is 69.8 Å². The average molecular weight is 157 g/mol. The lowest BCUT2D eigenvalue weighted by Gasteiger charge is -1.90. The van der Waals surface area contributed by atoms with E-state index in [2.05, 4.69) is 0 Å². The summed E-state index contributed by atoms with van der Waals surface area (Å²) in [4.78, 5) is 0. The first-order valence-corrected chi connectivity index (χ1v) is 3.61. The zero-order valence-corrected chi connectivity index (χ0v) is 7.39. The van der Waals surface area contributed by atoms with Gasteiger partial charge in [0.2, 0.25) is 0 Å². The van der Waals surface area contributed by atoms with E-state index in [0.29, 0.717) is 0 Å². The largest absolute Gasteiger partial charge is 0.412 e. The van der Waals surface area contributed by atoms with Gasteiger partial charge in [-0.25, -0.2) is 0 Å². The zero-order valence-electron chi connectivity index (χ0n) is 7.39. The van der Waals surface area contributed by atoms with Crippen molar-refractivity contribution in [3.05, 3.63) is 29.8 Å². The fourth-order valence-corrected chi connectivity index (χ4v) is 0.566. The van der Waals surface area contributed by atoms with E-state index in [1.165, 1.54) is 5.56 Å². The minimum Gasteiger partial charge on any atom is -0.412 e. The molecule has 2 nitrogen and oxygen atoms in total. The Hall–Kier alpha value is -1.02. The predicted octanol–water partition coefficient (Wildman–Crippen LogP) is 2.02. The molecule has 1 rings (SSSR count). The lowest BCUT2D eigenvalue weighted by atomic mass is 10.2. The third-order valence-corrected chi connectivity index (χ3v) is 1.08. The van der Waals surface area contributed by atoms with Crippen molar-refractivity contribution in [3.63, 3.8) is 0 Å². The van der Waals surface area contributed by atoms with Crippen molar-refractivity contribution in [1.29, 1.82) is 0 Å². The summed E-state index contributed by atoms with van der Waals surface area (Å²) in [5.41, 5.74) is 7.51. The summed E-state index contributed by atoms with van der Waals surface area (Å²) in [5.74, 6) is 0. The maximum Gasteiger partial charge on any atom is 0.0314 e. The van der Waals surface area contributed by atoms with Crippen LogP contribution in [0.25, 0.3) is 0 Å². The molecule has 2 heteroatoms. The fourth-order valence-electron chi connectivity index (χ4n) is 0.566. The van der Waals surface area contributed by atoms with E-state index in [-0.39, 0.29) is 6.90 Å². The van der Waals surface area contributed by atoms with Gasteiger partial charge in [0.05, 0.1) is 0 Å². The van der Waals surface area contributed by atoms with Gasteiger partial charge < -0.3 is 11.2 Å². The molecule has 0 spiro atoms. The van der Waals surface area contributed by atoms with Gasteiger partial charge in [-0.3, -0.25) is 0 Å². The Kier molecular flexibility index (Phi) is 8.15. The fraction of sp³-hybridized carbons (Fsp3) is 0.333. The summed E-state index contributed by atoms with van der Waals surface area (Å²) < 4.78 is 0. The maximum atomic E-state index is 5.43. The van der Waals surface area contributed by atoms with Crippen molar-refractivity contribution in [2.24, 2.45) is 0 Å². The van der Waals surface area contributed by atoms with Crippen molar-refractivity contribution in [2.45, 2.75) is 20.8 Å². The minimum atomic E-state index is 0. The number of aryl methyl sites for hydroxylation is 1. The van der Waals surface area contributed by atoms with Crippen molar-refractivity contribution in [1.82, 2.24) is 0 Å². The maximum absolute atomic E-state index is 5.43. The number of benzene rings is 1. The van der Waals surface area contributed by atoms with Crippen LogP contribution in [0.2, 0.25) is 0 Å². The minimum absolute atomic E-state index is 0. The molecule has 0 fully saturated rings. The first kappa shape index (κ1) is 12.6. The van der Waals surface area contributed by atoms with Crippen molar-refractivity contribution in [3.8, 4) is 0 Å². The second-order valence-corrected chi connectivity index (χ2v) is 1.91. The lowest BCUT2D eigenvalue weighted by Crippen LogP contribution is -1.81. The van der Waals surface area contributed by atoms with Gasteiger partial charge in [0.15, 0.2) is 0 Å². The summed E-state index contributed by atoms with van der Waals surface area (Å²) >= 11 is 0. The molecule has 1 aromatic rings. The number of anilines is 1. The highest BCUT2D eigenvalue weighted by Gasteiger charge is 1.80. The standard InChI is InChI=1S/C7H9N.C2H6.H2O.H2/c1-6-2-4-7(8)5-3-6;1-2;;/h2-5H,8H2,1H3;1-2H3;1H2;1H. The Morgan fingerprint density at radius 2 is 1.45 bits per heavy atom. The van der Waals surface area contributed by atoms with Crippen LogP contribution in [-0.4, -0.2) is 5.48 Å². The molecule has 0 atom stereocenters. The Morgan fingerprint density at radius 3 is 1.73 bits per heavy atom. The number of rotatable bonds is 0. The van der Waals surface area contributed by atoms with Crippen LogP contribution in [0, 0.1) is 6.92 Å². The van der Waals surface area contributed by atoms with Crippen LogP contribution in [0.5, 0.6) is 0 Å². The monoisotopic (exact) mass is 157 g/mol. The van der Waals surface area contributed by atoms with Crippen LogP contribution in [0.4, 0.5) is 5.69 Å². The van der Waals surface area contributed by atoms with Crippen LogP contribution >= 0.6 is 0 Å². The summed E-state index contributed by atoms with van der Waals surface area (Å²) in [6.07, 6.45) is 0. The van der Waals surface area contributed by atoms with E-state index in [0.717, 1.165) is 5.69 Å². The molecule has 0 unspecified atom stereocenters. The van der Waals surface area contributed by atoms with Crippen LogP contribution in [0.15, 0.2) is 24.3 Å². The normalized spacial score (nSPS) is 7.18. The van der Waals surface area contributed by atoms with Gasteiger partial charge in [-0.2, -0.15) is 0 Å². The highest BCUT2D eigenvalue weighted by molar-refractivity contribution is 5.38. The second kappa shape index (κ2) is 7.09. The molecule has 4 N–H and O–H groups in total. The Morgan fingerprint density at radius 1 is 1.09 bits per heavy atom. The third-order valence-electron chi connectivity index (χ3n) is 1.08. The van der Waals surface area contributed by atoms with Gasteiger partial charge in [-0.05, 0) is 19.1 Å². The third kappa shape index (κ3) is 5.43. The Bertz CT molecular complexity index is 153. The van der Waals surface area contributed by atoms with E-state index in [4.69, 9.17) is 5.73 Å². The van der Waals surface area contributed by atoms with Gasteiger partial charge >= 0.3 is 0 Å². The molecule has 0 aliphatic carbocycles. The smallest absolute Gasteiger partial charge is 0.0314 e. The van der Waals surface area contributed by atoms with E-state index >= 15 is 0 Å². The second-order valence-electron chi connectivity index (χ2n) is 1.91. The van der Waals surface area contributed by atoms with E-state index in [1.54, 1.807) is 0 Å². The molecule has 0 saturated heterocycles. The lowest BCUT2D eigenvalue weighted by molar-refractivity contribution is 0.824. The molecule has 0 heterocycles. The average Bonchev–Trinajstić information content (AvgIpc) is 2.00. The number of hydrogen-bond donors (Lipinski definition) is 1. The van der Waals surface area contributed by atoms with Crippen molar-refractivity contribution >= 4 is 5.69 Å². The van der Waals surface area contributed by atoms with Crippen LogP contribution in [-0.2, 0) is 0 Å². The molecule has 0 radical (unpaired) electrons. The molecule has 0 amide bonds. The molecule has 0 aromatic heterocycles. The topological polar surface area (TPSA) is 57.5 Å². The van der Waals surface area contributed by atoms with Gasteiger partial charge in [-0.1, -0.05) is 31.5 Å². The van der Waals surface area contributed by atoms with E-state index in [9.17, 15) is 0 Å². The van der Waals surface area contributed by atoms with Gasteiger partial charge in [0.25, 0.3) is 0 Å². The predicted molar refractivity (Wildman–Crippen MR) is 52.7 cm³/mol. The molecule has 1 aromatic carbocycles. The zero-order chi connectivity index (χ0) is 7.98. The summed E-state index contributed by atoms with van der Waals surface area (Å²) in [5, 5.41) is 0. The highest BCUT2D eigenvalue weighted by Crippen LogP contribution is 2.02. The van der Waals surface area contributed by atoms with E-state index < -0.39 is 0 Å². The first-order valence-electron chi connectivity index (χ1n) is 3.61. The SMILES string of the molecule is CC.Cc1ccc(N)cc1.O.[HH]. The van der Waals surface area contributed by atoms with Crippen LogP contribution in [0.3, 0.4) is 0 Å². The van der Waals surface area contributed by atoms with Crippen LogP contribution in [0.1, 0.15) is 20.8 Å². The molecule has 66 valence electrons. The van der Waals surface area contributed by atoms with Gasteiger partial charge in [0.1, 0.15) is 0 Å². The molecule has 11 heavy (non-hydrogen) atoms. The number of nitrogen functional groups attached to an aromatic ring is 1. The van der Waals surface area contributed by atoms with Gasteiger partial charge in [0, 0.05) is 7.11 Å². The molecular weight excluding hydrogens is 138 g/mol. The van der Waals surface area contributed by atoms with Crippen molar-refractivity contribution < 1.29 is 6.90 Å². The van der Waals surface area contributed by atoms with Crippen molar-refractivity contribution in [2.75, 3.05) is 5.73 Å².